The van der Waals surface area contributed by atoms with Gasteiger partial charge in [-0.3, -0.25) is 9.69 Å². The number of nitrogens with zero attached hydrogens (tertiary/aromatic N) is 2. The number of methoxy groups -OCH3 is 1. The van der Waals surface area contributed by atoms with E-state index in [0.717, 1.165) is 31.5 Å². The van der Waals surface area contributed by atoms with Gasteiger partial charge in [-0.2, -0.15) is 0 Å². The van der Waals surface area contributed by atoms with Gasteiger partial charge in [0.25, 0.3) is 0 Å². The third-order valence-corrected chi connectivity index (χ3v) is 6.16. The molecule has 0 spiro atoms. The number of benzene rings is 1. The van der Waals surface area contributed by atoms with E-state index in [1.807, 2.05) is 35.3 Å². The van der Waals surface area contributed by atoms with Crippen molar-refractivity contribution >= 4 is 5.91 Å². The SMILES string of the molecule is C=C(/C=C\C(=C)C(C)CCN(C)C1CCN(C(C)(C)c2ccccc2)C1=O)OC. The lowest BCUT2D eigenvalue weighted by molar-refractivity contribution is -0.136. The van der Waals surface area contributed by atoms with Gasteiger partial charge in [-0.15, -0.1) is 0 Å². The normalized spacial score (nSPS) is 18.5. The van der Waals surface area contributed by atoms with E-state index in [-0.39, 0.29) is 17.5 Å². The molecule has 1 aliphatic heterocycles. The minimum absolute atomic E-state index is 0.0535. The van der Waals surface area contributed by atoms with Crippen LogP contribution in [0.3, 0.4) is 0 Å². The number of amides is 1. The molecule has 0 N–H and O–H groups in total. The molecule has 2 atom stereocenters. The number of hydrogen-bond acceptors (Lipinski definition) is 3. The van der Waals surface area contributed by atoms with Gasteiger partial charge in [-0.1, -0.05) is 62.1 Å². The maximum Gasteiger partial charge on any atom is 0.240 e. The van der Waals surface area contributed by atoms with Crippen molar-refractivity contribution in [2.45, 2.75) is 45.2 Å². The molecule has 4 heteroatoms. The molecule has 2 unspecified atom stereocenters. The molecule has 1 fully saturated rings. The molecule has 1 aromatic rings. The Kier molecular flexibility index (Phi) is 7.86. The van der Waals surface area contributed by atoms with Crippen LogP contribution in [0.15, 0.2) is 67.0 Å². The zero-order valence-corrected chi connectivity index (χ0v) is 18.6. The highest BCUT2D eigenvalue weighted by Crippen LogP contribution is 2.33. The maximum atomic E-state index is 13.2. The predicted octanol–water partition coefficient (Wildman–Crippen LogP) is 4.75. The van der Waals surface area contributed by atoms with Gasteiger partial charge in [-0.05, 0) is 57.8 Å². The molecule has 2 rings (SSSR count). The molecular weight excluding hydrogens is 360 g/mol. The Balaban J connectivity index is 1.93. The molecule has 1 aromatic carbocycles. The van der Waals surface area contributed by atoms with Crippen LogP contribution in [0.2, 0.25) is 0 Å². The second kappa shape index (κ2) is 9.93. The molecule has 4 nitrogen and oxygen atoms in total. The molecule has 0 aromatic heterocycles. The Hall–Kier alpha value is -2.33. The van der Waals surface area contributed by atoms with E-state index in [4.69, 9.17) is 4.74 Å². The molecule has 1 heterocycles. The van der Waals surface area contributed by atoms with Crippen molar-refractivity contribution in [2.75, 3.05) is 27.2 Å². The molecule has 29 heavy (non-hydrogen) atoms. The van der Waals surface area contributed by atoms with Crippen molar-refractivity contribution in [1.29, 1.82) is 0 Å². The van der Waals surface area contributed by atoms with E-state index in [1.165, 1.54) is 5.56 Å². The molecule has 0 aliphatic carbocycles. The first kappa shape index (κ1) is 23.0. The minimum Gasteiger partial charge on any atom is -0.497 e. The summed E-state index contributed by atoms with van der Waals surface area (Å²) < 4.78 is 5.05. The van der Waals surface area contributed by atoms with E-state index >= 15 is 0 Å². The lowest BCUT2D eigenvalue weighted by atomic mass is 9.92. The van der Waals surface area contributed by atoms with Crippen molar-refractivity contribution < 1.29 is 9.53 Å². The summed E-state index contributed by atoms with van der Waals surface area (Å²) in [5.41, 5.74) is 1.91. The Morgan fingerprint density at radius 1 is 1.31 bits per heavy atom. The summed E-state index contributed by atoms with van der Waals surface area (Å²) in [6.45, 7) is 16.0. The molecular formula is C25H36N2O2. The zero-order valence-electron chi connectivity index (χ0n) is 18.6. The quantitative estimate of drug-likeness (QED) is 0.422. The van der Waals surface area contributed by atoms with Crippen molar-refractivity contribution in [2.24, 2.45) is 5.92 Å². The van der Waals surface area contributed by atoms with Crippen molar-refractivity contribution in [3.63, 3.8) is 0 Å². The molecule has 158 valence electrons. The predicted molar refractivity (Wildman–Crippen MR) is 120 cm³/mol. The average molecular weight is 397 g/mol. The minimum atomic E-state index is -0.302. The highest BCUT2D eigenvalue weighted by Gasteiger charge is 2.42. The van der Waals surface area contributed by atoms with Crippen LogP contribution in [0.5, 0.6) is 0 Å². The van der Waals surface area contributed by atoms with Crippen LogP contribution in [0.1, 0.15) is 39.2 Å². The van der Waals surface area contributed by atoms with Crippen LogP contribution in [0.25, 0.3) is 0 Å². The summed E-state index contributed by atoms with van der Waals surface area (Å²) >= 11 is 0. The summed E-state index contributed by atoms with van der Waals surface area (Å²) in [6, 6.07) is 10.2. The van der Waals surface area contributed by atoms with Crippen molar-refractivity contribution in [3.05, 3.63) is 72.5 Å². The number of likely N-dealkylation sites (N-methyl/N-ethyl adjacent to an activating group) is 1. The third-order valence-electron chi connectivity index (χ3n) is 6.16. The Morgan fingerprint density at radius 2 is 1.97 bits per heavy atom. The van der Waals surface area contributed by atoms with Crippen LogP contribution in [-0.2, 0) is 15.1 Å². The molecule has 0 saturated carbocycles. The lowest BCUT2D eigenvalue weighted by Gasteiger charge is -2.37. The fraction of sp³-hybridized carbons (Fsp3) is 0.480. The van der Waals surface area contributed by atoms with Gasteiger partial charge in [0.2, 0.25) is 5.91 Å². The highest BCUT2D eigenvalue weighted by molar-refractivity contribution is 5.84. The standard InChI is InChI=1S/C25H36N2O2/c1-19(13-14-21(3)29-7)20(2)15-17-26(6)23-16-18-27(24(23)28)25(4,5)22-11-9-8-10-12-22/h8-14,20,23H,1,3,15-18H2,2,4-7H3/b14-13-. The average Bonchev–Trinajstić information content (AvgIpc) is 3.12. The second-order valence-electron chi connectivity index (χ2n) is 8.47. The van der Waals surface area contributed by atoms with Crippen LogP contribution in [0.4, 0.5) is 0 Å². The summed E-state index contributed by atoms with van der Waals surface area (Å²) in [7, 11) is 3.66. The smallest absolute Gasteiger partial charge is 0.240 e. The van der Waals surface area contributed by atoms with E-state index < -0.39 is 0 Å². The maximum absolute atomic E-state index is 13.2. The van der Waals surface area contributed by atoms with E-state index in [1.54, 1.807) is 7.11 Å². The van der Waals surface area contributed by atoms with Gasteiger partial charge in [0.05, 0.1) is 18.7 Å². The fourth-order valence-electron chi connectivity index (χ4n) is 3.80. The van der Waals surface area contributed by atoms with Crippen LogP contribution >= 0.6 is 0 Å². The zero-order chi connectivity index (χ0) is 21.6. The fourth-order valence-corrected chi connectivity index (χ4v) is 3.80. The van der Waals surface area contributed by atoms with E-state index in [2.05, 4.69) is 58.0 Å². The summed E-state index contributed by atoms with van der Waals surface area (Å²) in [5.74, 6) is 1.17. The number of rotatable bonds is 10. The van der Waals surface area contributed by atoms with Crippen LogP contribution < -0.4 is 0 Å². The summed E-state index contributed by atoms with van der Waals surface area (Å²) in [4.78, 5) is 17.4. The van der Waals surface area contributed by atoms with Crippen molar-refractivity contribution in [1.82, 2.24) is 9.80 Å². The number of likely N-dealkylation sites (tertiary alicyclic amines) is 1. The number of ether oxygens (including phenoxy) is 1. The molecule has 1 aliphatic rings. The van der Waals surface area contributed by atoms with E-state index in [9.17, 15) is 4.79 Å². The Bertz CT molecular complexity index is 751. The monoisotopic (exact) mass is 396 g/mol. The topological polar surface area (TPSA) is 32.8 Å². The summed E-state index contributed by atoms with van der Waals surface area (Å²) in [6.07, 6.45) is 5.62. The number of hydrogen-bond donors (Lipinski definition) is 0. The Labute approximate surface area is 176 Å². The summed E-state index contributed by atoms with van der Waals surface area (Å²) in [5, 5.41) is 0. The molecule has 0 bridgehead atoms. The number of carbonyl (C=O) groups excluding carboxylic acids is 1. The van der Waals surface area contributed by atoms with Gasteiger partial charge in [-0.25, -0.2) is 0 Å². The Morgan fingerprint density at radius 3 is 2.59 bits per heavy atom. The third kappa shape index (κ3) is 5.60. The van der Waals surface area contributed by atoms with Crippen LogP contribution in [-0.4, -0.2) is 49.0 Å². The largest absolute Gasteiger partial charge is 0.497 e. The number of carbonyl (C=O) groups is 1. The van der Waals surface area contributed by atoms with Crippen molar-refractivity contribution in [3.8, 4) is 0 Å². The molecule has 0 radical (unpaired) electrons. The van der Waals surface area contributed by atoms with Gasteiger partial charge >= 0.3 is 0 Å². The van der Waals surface area contributed by atoms with Gasteiger partial charge < -0.3 is 9.64 Å². The first-order valence-corrected chi connectivity index (χ1v) is 10.4. The van der Waals surface area contributed by atoms with Gasteiger partial charge in [0.15, 0.2) is 0 Å². The van der Waals surface area contributed by atoms with E-state index in [0.29, 0.717) is 11.7 Å². The first-order chi connectivity index (χ1) is 13.7. The molecule has 1 saturated heterocycles. The van der Waals surface area contributed by atoms with Gasteiger partial charge in [0, 0.05) is 6.54 Å². The first-order valence-electron chi connectivity index (χ1n) is 10.4. The van der Waals surface area contributed by atoms with Gasteiger partial charge in [0.1, 0.15) is 5.76 Å². The lowest BCUT2D eigenvalue weighted by Crippen LogP contribution is -2.47. The molecule has 1 amide bonds. The number of allylic oxidation sites excluding steroid dienone is 3. The second-order valence-corrected chi connectivity index (χ2v) is 8.47. The highest BCUT2D eigenvalue weighted by atomic mass is 16.5. The van der Waals surface area contributed by atoms with Crippen LogP contribution in [0, 0.1) is 5.92 Å².